The van der Waals surface area contributed by atoms with Gasteiger partial charge >= 0.3 is 0 Å². The SMILES string of the molecule is CNC1CCCN(S(=O)(=O)c2ccc3c(c2)C(=O)NCC3)C1.Cl. The fourth-order valence-electron chi connectivity index (χ4n) is 3.10. The standard InChI is InChI=1S/C15H21N3O3S.ClH/c1-16-12-3-2-8-18(10-12)22(20,21)13-5-4-11-6-7-17-15(19)14(11)9-13;/h4-5,9,12,16H,2-3,6-8,10H2,1H3,(H,17,19);1H. The summed E-state index contributed by atoms with van der Waals surface area (Å²) in [7, 11) is -1.70. The van der Waals surface area contributed by atoms with E-state index in [4.69, 9.17) is 0 Å². The maximum Gasteiger partial charge on any atom is 0.251 e. The third-order valence-electron chi connectivity index (χ3n) is 4.44. The molecule has 128 valence electrons. The van der Waals surface area contributed by atoms with Crippen molar-refractivity contribution in [2.45, 2.75) is 30.2 Å². The molecule has 23 heavy (non-hydrogen) atoms. The molecule has 3 rings (SSSR count). The van der Waals surface area contributed by atoms with Gasteiger partial charge in [0.25, 0.3) is 5.91 Å². The van der Waals surface area contributed by atoms with Crippen LogP contribution in [0, 0.1) is 0 Å². The fourth-order valence-corrected chi connectivity index (χ4v) is 4.65. The Kier molecular flexibility index (Phi) is 5.67. The molecule has 0 bridgehead atoms. The number of nitrogens with one attached hydrogen (secondary N) is 2. The van der Waals surface area contributed by atoms with Gasteiger partial charge in [-0.1, -0.05) is 6.07 Å². The Morgan fingerprint density at radius 3 is 2.87 bits per heavy atom. The first kappa shape index (κ1) is 18.2. The highest BCUT2D eigenvalue weighted by molar-refractivity contribution is 7.89. The molecule has 1 unspecified atom stereocenters. The molecule has 0 aromatic heterocycles. The lowest BCUT2D eigenvalue weighted by atomic mass is 10.0. The van der Waals surface area contributed by atoms with E-state index in [0.717, 1.165) is 24.8 Å². The van der Waals surface area contributed by atoms with E-state index < -0.39 is 10.0 Å². The van der Waals surface area contributed by atoms with Crippen molar-refractivity contribution in [2.75, 3.05) is 26.7 Å². The third kappa shape index (κ3) is 3.52. The molecule has 2 heterocycles. The zero-order valence-corrected chi connectivity index (χ0v) is 14.7. The Hall–Kier alpha value is -1.15. The highest BCUT2D eigenvalue weighted by Crippen LogP contribution is 2.24. The number of fused-ring (bicyclic) bond motifs is 1. The highest BCUT2D eigenvalue weighted by atomic mass is 35.5. The average Bonchev–Trinajstić information content (AvgIpc) is 2.55. The van der Waals surface area contributed by atoms with Crippen molar-refractivity contribution >= 4 is 28.3 Å². The first-order valence-corrected chi connectivity index (χ1v) is 9.05. The molecule has 0 aliphatic carbocycles. The number of hydrogen-bond acceptors (Lipinski definition) is 4. The monoisotopic (exact) mass is 359 g/mol. The van der Waals surface area contributed by atoms with Gasteiger partial charge in [0.1, 0.15) is 0 Å². The Morgan fingerprint density at radius 2 is 2.13 bits per heavy atom. The lowest BCUT2D eigenvalue weighted by molar-refractivity contribution is 0.0945. The number of carbonyl (C=O) groups excluding carboxylic acids is 1. The number of piperidine rings is 1. The Morgan fingerprint density at radius 1 is 1.35 bits per heavy atom. The smallest absolute Gasteiger partial charge is 0.251 e. The van der Waals surface area contributed by atoms with E-state index in [2.05, 4.69) is 10.6 Å². The molecule has 1 amide bonds. The Labute approximate surface area is 143 Å². The summed E-state index contributed by atoms with van der Waals surface area (Å²) in [5.74, 6) is -0.190. The molecule has 0 spiro atoms. The molecule has 1 fully saturated rings. The van der Waals surface area contributed by atoms with Crippen LogP contribution in [0.2, 0.25) is 0 Å². The maximum absolute atomic E-state index is 12.8. The van der Waals surface area contributed by atoms with Gasteiger partial charge in [0.2, 0.25) is 10.0 Å². The fraction of sp³-hybridized carbons (Fsp3) is 0.533. The van der Waals surface area contributed by atoms with Crippen molar-refractivity contribution in [3.63, 3.8) is 0 Å². The number of sulfonamides is 1. The summed E-state index contributed by atoms with van der Waals surface area (Å²) in [6.07, 6.45) is 2.57. The first-order chi connectivity index (χ1) is 10.5. The van der Waals surface area contributed by atoms with Crippen molar-refractivity contribution in [1.29, 1.82) is 0 Å². The van der Waals surface area contributed by atoms with Gasteiger partial charge in [-0.3, -0.25) is 4.79 Å². The molecule has 0 radical (unpaired) electrons. The zero-order valence-electron chi connectivity index (χ0n) is 13.0. The van der Waals surface area contributed by atoms with Crippen LogP contribution in [0.1, 0.15) is 28.8 Å². The summed E-state index contributed by atoms with van der Waals surface area (Å²) in [5.41, 5.74) is 1.39. The lowest BCUT2D eigenvalue weighted by Gasteiger charge is -2.32. The predicted octanol–water partition coefficient (Wildman–Crippen LogP) is 0.767. The van der Waals surface area contributed by atoms with Gasteiger partial charge in [-0.05, 0) is 44.0 Å². The second kappa shape index (κ2) is 7.17. The van der Waals surface area contributed by atoms with Gasteiger partial charge in [0.05, 0.1) is 4.90 Å². The maximum atomic E-state index is 12.8. The van der Waals surface area contributed by atoms with Gasteiger partial charge in [0, 0.05) is 31.2 Å². The van der Waals surface area contributed by atoms with Crippen LogP contribution in [0.15, 0.2) is 23.1 Å². The van der Waals surface area contributed by atoms with Crippen LogP contribution in [-0.4, -0.2) is 51.4 Å². The molecule has 0 saturated carbocycles. The second-order valence-corrected chi connectivity index (χ2v) is 7.75. The van der Waals surface area contributed by atoms with Crippen molar-refractivity contribution in [1.82, 2.24) is 14.9 Å². The third-order valence-corrected chi connectivity index (χ3v) is 6.30. The topological polar surface area (TPSA) is 78.5 Å². The van der Waals surface area contributed by atoms with Crippen molar-refractivity contribution in [3.8, 4) is 0 Å². The van der Waals surface area contributed by atoms with Crippen molar-refractivity contribution in [2.24, 2.45) is 0 Å². The van der Waals surface area contributed by atoms with E-state index >= 15 is 0 Å². The van der Waals surface area contributed by atoms with Gasteiger partial charge in [-0.2, -0.15) is 4.31 Å². The highest BCUT2D eigenvalue weighted by Gasteiger charge is 2.30. The number of rotatable bonds is 3. The van der Waals surface area contributed by atoms with Crippen LogP contribution in [0.4, 0.5) is 0 Å². The van der Waals surface area contributed by atoms with Crippen LogP contribution >= 0.6 is 12.4 Å². The number of nitrogens with zero attached hydrogens (tertiary/aromatic N) is 1. The van der Waals surface area contributed by atoms with Crippen LogP contribution in [0.25, 0.3) is 0 Å². The van der Waals surface area contributed by atoms with Crippen LogP contribution in [-0.2, 0) is 16.4 Å². The molecule has 6 nitrogen and oxygen atoms in total. The minimum Gasteiger partial charge on any atom is -0.352 e. The number of amides is 1. The van der Waals surface area contributed by atoms with E-state index in [1.165, 1.54) is 10.4 Å². The van der Waals surface area contributed by atoms with Crippen molar-refractivity contribution in [3.05, 3.63) is 29.3 Å². The second-order valence-electron chi connectivity index (χ2n) is 5.82. The van der Waals surface area contributed by atoms with E-state index in [1.54, 1.807) is 12.1 Å². The number of benzene rings is 1. The number of halogens is 1. The zero-order chi connectivity index (χ0) is 15.7. The van der Waals surface area contributed by atoms with Crippen LogP contribution in [0.5, 0.6) is 0 Å². The minimum absolute atomic E-state index is 0. The minimum atomic E-state index is -3.55. The van der Waals surface area contributed by atoms with Gasteiger partial charge in [-0.25, -0.2) is 8.42 Å². The molecule has 1 atom stereocenters. The van der Waals surface area contributed by atoms with Crippen LogP contribution in [0.3, 0.4) is 0 Å². The molecular formula is C15H22ClN3O3S. The summed E-state index contributed by atoms with van der Waals surface area (Å²) >= 11 is 0. The van der Waals surface area contributed by atoms with Crippen molar-refractivity contribution < 1.29 is 13.2 Å². The van der Waals surface area contributed by atoms with Gasteiger partial charge in [0.15, 0.2) is 0 Å². The number of hydrogen-bond donors (Lipinski definition) is 2. The molecule has 2 N–H and O–H groups in total. The Balaban J connectivity index is 0.00000192. The lowest BCUT2D eigenvalue weighted by Crippen LogP contribution is -2.46. The molecule has 8 heteroatoms. The predicted molar refractivity (Wildman–Crippen MR) is 90.6 cm³/mol. The normalized spacial score (nSPS) is 22.0. The average molecular weight is 360 g/mol. The largest absolute Gasteiger partial charge is 0.352 e. The molecule has 2 aliphatic rings. The van der Waals surface area contributed by atoms with Gasteiger partial charge < -0.3 is 10.6 Å². The summed E-state index contributed by atoms with van der Waals surface area (Å²) in [4.78, 5) is 12.1. The van der Waals surface area contributed by atoms with E-state index in [-0.39, 0.29) is 29.3 Å². The number of likely N-dealkylation sites (N-methyl/N-ethyl adjacent to an activating group) is 1. The number of carbonyl (C=O) groups is 1. The van der Waals surface area contributed by atoms with E-state index in [9.17, 15) is 13.2 Å². The van der Waals surface area contributed by atoms with Crippen LogP contribution < -0.4 is 10.6 Å². The summed E-state index contributed by atoms with van der Waals surface area (Å²) < 4.78 is 27.1. The summed E-state index contributed by atoms with van der Waals surface area (Å²) in [5, 5.41) is 5.90. The molecule has 2 aliphatic heterocycles. The molecule has 1 aromatic carbocycles. The quantitative estimate of drug-likeness (QED) is 0.835. The summed E-state index contributed by atoms with van der Waals surface area (Å²) in [6.45, 7) is 1.61. The summed E-state index contributed by atoms with van der Waals surface area (Å²) in [6, 6.07) is 5.09. The first-order valence-electron chi connectivity index (χ1n) is 7.61. The van der Waals surface area contributed by atoms with E-state index in [0.29, 0.717) is 25.2 Å². The Bertz CT molecular complexity index is 693. The molecular weight excluding hydrogens is 338 g/mol. The van der Waals surface area contributed by atoms with Gasteiger partial charge in [-0.15, -0.1) is 12.4 Å². The molecule has 1 saturated heterocycles. The van der Waals surface area contributed by atoms with E-state index in [1.807, 2.05) is 7.05 Å². The molecule has 1 aromatic rings.